The van der Waals surface area contributed by atoms with Crippen LogP contribution in [0, 0.1) is 11.8 Å². The molecule has 40 heavy (non-hydrogen) atoms. The maximum absolute atomic E-state index is 12.6. The van der Waals surface area contributed by atoms with Crippen molar-refractivity contribution >= 4 is 24.2 Å². The number of hydrogen-bond donors (Lipinski definition) is 1. The molecule has 0 amide bonds. The van der Waals surface area contributed by atoms with Crippen molar-refractivity contribution in [3.63, 3.8) is 0 Å². The minimum atomic E-state index is -1.07. The summed E-state index contributed by atoms with van der Waals surface area (Å²) in [5.74, 6) is -0.570. The van der Waals surface area contributed by atoms with Crippen molar-refractivity contribution < 1.29 is 47.6 Å². The molecule has 0 radical (unpaired) electrons. The van der Waals surface area contributed by atoms with Crippen molar-refractivity contribution in [3.8, 4) is 11.5 Å². The van der Waals surface area contributed by atoms with Gasteiger partial charge in [-0.1, -0.05) is 40.7 Å². The van der Waals surface area contributed by atoms with E-state index >= 15 is 0 Å². The quantitative estimate of drug-likeness (QED) is 0.157. The lowest BCUT2D eigenvalue weighted by Gasteiger charge is -2.22. The Labute approximate surface area is 236 Å². The zero-order valence-corrected chi connectivity index (χ0v) is 24.7. The third-order valence-corrected chi connectivity index (χ3v) is 5.72. The molecular formula is C29H45NO10. The molecule has 2 N–H and O–H groups in total. The average Bonchev–Trinajstić information content (AvgIpc) is 2.85. The van der Waals surface area contributed by atoms with E-state index in [0.29, 0.717) is 36.7 Å². The topological polar surface area (TPSA) is 150 Å². The minimum absolute atomic E-state index is 0.0213. The highest BCUT2D eigenvalue weighted by molar-refractivity contribution is 5.76. The molecule has 0 saturated carbocycles. The molecule has 1 rings (SSSR count). The molecule has 0 spiro atoms. The smallest absolute Gasteiger partial charge is 0.459 e. The molecule has 226 valence electrons. The van der Waals surface area contributed by atoms with Crippen LogP contribution in [0.2, 0.25) is 0 Å². The summed E-state index contributed by atoms with van der Waals surface area (Å²) in [6.45, 7) is 13.4. The monoisotopic (exact) mass is 567 g/mol. The average molecular weight is 568 g/mol. The van der Waals surface area contributed by atoms with Crippen molar-refractivity contribution in [2.75, 3.05) is 13.2 Å². The number of ether oxygens (including phenoxy) is 6. The van der Waals surface area contributed by atoms with E-state index in [4.69, 9.17) is 34.2 Å². The first-order valence-electron chi connectivity index (χ1n) is 13.8. The molecule has 11 heteroatoms. The summed E-state index contributed by atoms with van der Waals surface area (Å²) < 4.78 is 31.4. The van der Waals surface area contributed by atoms with Gasteiger partial charge in [-0.25, -0.2) is 9.59 Å². The first-order chi connectivity index (χ1) is 18.8. The van der Waals surface area contributed by atoms with E-state index in [1.54, 1.807) is 19.9 Å². The number of esters is 2. The summed E-state index contributed by atoms with van der Waals surface area (Å²) in [6.07, 6.45) is -1.03. The predicted molar refractivity (Wildman–Crippen MR) is 147 cm³/mol. The fourth-order valence-corrected chi connectivity index (χ4v) is 3.11. The second-order valence-corrected chi connectivity index (χ2v) is 10.4. The van der Waals surface area contributed by atoms with Crippen LogP contribution in [-0.2, 0) is 35.0 Å². The molecule has 3 atom stereocenters. The van der Waals surface area contributed by atoms with E-state index in [1.165, 1.54) is 12.1 Å². The lowest BCUT2D eigenvalue weighted by atomic mass is 10.1. The number of rotatable bonds is 16. The predicted octanol–water partition coefficient (Wildman–Crippen LogP) is 5.34. The van der Waals surface area contributed by atoms with E-state index in [2.05, 4.69) is 0 Å². The molecule has 0 aliphatic rings. The van der Waals surface area contributed by atoms with Gasteiger partial charge in [0.15, 0.2) is 11.5 Å². The standard InChI is InChI=1S/C29H45NO10/c1-8-9-26(31)37-20(6)21(7)38-27(32)23(30)16-22-10-11-24(39-28(33)35-14-12-18(2)3)25(17-22)40-29(34)36-15-13-19(4)5/h10-11,17-21,23H,8-9,12-16,30H2,1-7H3/t20-,21-,23-/m0/s1. The highest BCUT2D eigenvalue weighted by Crippen LogP contribution is 2.30. The maximum atomic E-state index is 12.6. The number of nitrogens with two attached hydrogens (primary N) is 1. The van der Waals surface area contributed by atoms with Gasteiger partial charge in [0.2, 0.25) is 0 Å². The lowest BCUT2D eigenvalue weighted by Crippen LogP contribution is -2.39. The third kappa shape index (κ3) is 14.2. The van der Waals surface area contributed by atoms with Gasteiger partial charge in [-0.05, 0) is 69.1 Å². The van der Waals surface area contributed by atoms with Crippen LogP contribution < -0.4 is 15.2 Å². The molecule has 0 aromatic heterocycles. The van der Waals surface area contributed by atoms with E-state index < -0.39 is 36.5 Å². The molecule has 0 fully saturated rings. The van der Waals surface area contributed by atoms with Crippen LogP contribution in [0.25, 0.3) is 0 Å². The molecule has 1 aromatic rings. The molecule has 0 bridgehead atoms. The number of benzene rings is 1. The summed E-state index contributed by atoms with van der Waals surface area (Å²) in [7, 11) is 0. The summed E-state index contributed by atoms with van der Waals surface area (Å²) in [5, 5.41) is 0. The van der Waals surface area contributed by atoms with Gasteiger partial charge < -0.3 is 34.2 Å². The summed E-state index contributed by atoms with van der Waals surface area (Å²) in [6, 6.07) is 3.33. The van der Waals surface area contributed by atoms with E-state index in [-0.39, 0.29) is 43.5 Å². The van der Waals surface area contributed by atoms with Crippen LogP contribution >= 0.6 is 0 Å². The lowest BCUT2D eigenvalue weighted by molar-refractivity contribution is -0.166. The van der Waals surface area contributed by atoms with Gasteiger partial charge in [-0.15, -0.1) is 0 Å². The fourth-order valence-electron chi connectivity index (χ4n) is 3.11. The first kappa shape index (κ1) is 34.7. The highest BCUT2D eigenvalue weighted by Gasteiger charge is 2.25. The van der Waals surface area contributed by atoms with E-state index in [9.17, 15) is 19.2 Å². The Morgan fingerprint density at radius 1 is 0.775 bits per heavy atom. The zero-order chi connectivity index (χ0) is 30.2. The summed E-state index contributed by atoms with van der Waals surface area (Å²) in [5.41, 5.74) is 6.57. The maximum Gasteiger partial charge on any atom is 0.513 e. The normalized spacial score (nSPS) is 13.2. The van der Waals surface area contributed by atoms with Crippen molar-refractivity contribution in [2.45, 2.75) is 98.8 Å². The van der Waals surface area contributed by atoms with Crippen LogP contribution in [0.3, 0.4) is 0 Å². The van der Waals surface area contributed by atoms with Crippen LogP contribution in [-0.4, -0.2) is 55.7 Å². The first-order valence-corrected chi connectivity index (χ1v) is 13.8. The van der Waals surface area contributed by atoms with Gasteiger partial charge in [0.05, 0.1) is 13.2 Å². The molecular weight excluding hydrogens is 522 g/mol. The van der Waals surface area contributed by atoms with Gasteiger partial charge in [-0.2, -0.15) is 0 Å². The second kappa shape index (κ2) is 18.1. The van der Waals surface area contributed by atoms with Gasteiger partial charge in [-0.3, -0.25) is 9.59 Å². The van der Waals surface area contributed by atoms with Crippen LogP contribution in [0.1, 0.15) is 79.7 Å². The number of carbonyl (C=O) groups is 4. The molecule has 11 nitrogen and oxygen atoms in total. The zero-order valence-electron chi connectivity index (χ0n) is 24.7. The SMILES string of the molecule is CCCC(=O)O[C@@H](C)[C@H](C)OC(=O)[C@@H](N)Cc1ccc(OC(=O)OCCC(C)C)c(OC(=O)OCCC(C)C)c1. The van der Waals surface area contributed by atoms with Crippen LogP contribution in [0.15, 0.2) is 18.2 Å². The van der Waals surface area contributed by atoms with Gasteiger partial charge in [0.25, 0.3) is 0 Å². The van der Waals surface area contributed by atoms with Crippen molar-refractivity contribution in [1.82, 2.24) is 0 Å². The van der Waals surface area contributed by atoms with Crippen molar-refractivity contribution in [2.24, 2.45) is 17.6 Å². The van der Waals surface area contributed by atoms with Crippen molar-refractivity contribution in [1.29, 1.82) is 0 Å². The number of hydrogen-bond acceptors (Lipinski definition) is 11. The van der Waals surface area contributed by atoms with E-state index in [1.807, 2.05) is 34.6 Å². The Bertz CT molecular complexity index is 962. The largest absolute Gasteiger partial charge is 0.513 e. The second-order valence-electron chi connectivity index (χ2n) is 10.4. The molecule has 0 unspecified atom stereocenters. The van der Waals surface area contributed by atoms with Gasteiger partial charge in [0, 0.05) is 6.42 Å². The number of carbonyl (C=O) groups excluding carboxylic acids is 4. The van der Waals surface area contributed by atoms with Crippen molar-refractivity contribution in [3.05, 3.63) is 23.8 Å². The van der Waals surface area contributed by atoms with Gasteiger partial charge in [0.1, 0.15) is 18.2 Å². The molecule has 0 aliphatic carbocycles. The minimum Gasteiger partial charge on any atom is -0.459 e. The summed E-state index contributed by atoms with van der Waals surface area (Å²) in [4.78, 5) is 48.7. The molecule has 1 aromatic carbocycles. The Hall–Kier alpha value is -3.34. The third-order valence-electron chi connectivity index (χ3n) is 5.72. The molecule has 0 heterocycles. The Kier molecular flexibility index (Phi) is 15.7. The van der Waals surface area contributed by atoms with Gasteiger partial charge >= 0.3 is 24.2 Å². The van der Waals surface area contributed by atoms with Crippen LogP contribution in [0.4, 0.5) is 9.59 Å². The Balaban J connectivity index is 2.92. The Morgan fingerprint density at radius 3 is 1.82 bits per heavy atom. The summed E-state index contributed by atoms with van der Waals surface area (Å²) >= 11 is 0. The molecule has 0 aliphatic heterocycles. The van der Waals surface area contributed by atoms with Crippen LogP contribution in [0.5, 0.6) is 11.5 Å². The fraction of sp³-hybridized carbons (Fsp3) is 0.655. The Morgan fingerprint density at radius 2 is 1.30 bits per heavy atom. The highest BCUT2D eigenvalue weighted by atomic mass is 16.7. The molecule has 0 saturated heterocycles. The van der Waals surface area contributed by atoms with E-state index in [0.717, 1.165) is 0 Å².